The van der Waals surface area contributed by atoms with E-state index in [4.69, 9.17) is 16.7 Å². The third-order valence-corrected chi connectivity index (χ3v) is 5.38. The van der Waals surface area contributed by atoms with E-state index in [-0.39, 0.29) is 11.5 Å². The van der Waals surface area contributed by atoms with E-state index >= 15 is 0 Å². The molecule has 0 atom stereocenters. The minimum absolute atomic E-state index is 0.0827. The van der Waals surface area contributed by atoms with Gasteiger partial charge >= 0.3 is 0 Å². The molecule has 102 valence electrons. The van der Waals surface area contributed by atoms with Gasteiger partial charge in [0.15, 0.2) is 0 Å². The number of rotatable bonds is 4. The van der Waals surface area contributed by atoms with E-state index in [1.807, 2.05) is 0 Å². The van der Waals surface area contributed by atoms with Crippen LogP contribution in [0.2, 0.25) is 5.02 Å². The molecular weight excluding hydrogens is 306 g/mol. The fourth-order valence-electron chi connectivity index (χ4n) is 1.63. The van der Waals surface area contributed by atoms with Crippen molar-refractivity contribution in [1.29, 1.82) is 0 Å². The lowest BCUT2D eigenvalue weighted by atomic mass is 10.2. The van der Waals surface area contributed by atoms with E-state index in [1.165, 1.54) is 17.4 Å². The molecule has 0 spiro atoms. The Balaban J connectivity index is 2.43. The lowest BCUT2D eigenvalue weighted by molar-refractivity contribution is 0.282. The van der Waals surface area contributed by atoms with E-state index in [2.05, 4.69) is 4.72 Å². The summed E-state index contributed by atoms with van der Waals surface area (Å²) in [5, 5.41) is 11.1. The summed E-state index contributed by atoms with van der Waals surface area (Å²) in [6, 6.07) is 6.60. The maximum atomic E-state index is 12.3. The van der Waals surface area contributed by atoms with Crippen molar-refractivity contribution in [3.05, 3.63) is 45.1 Å². The summed E-state index contributed by atoms with van der Waals surface area (Å²) in [6.07, 6.45) is 0. The zero-order valence-electron chi connectivity index (χ0n) is 10.1. The van der Waals surface area contributed by atoms with Crippen LogP contribution in [0.15, 0.2) is 34.5 Å². The number of benzene rings is 1. The minimum Gasteiger partial charge on any atom is -0.391 e. The highest BCUT2D eigenvalue weighted by atomic mass is 35.5. The first-order chi connectivity index (χ1) is 8.95. The van der Waals surface area contributed by atoms with Crippen molar-refractivity contribution in [2.75, 3.05) is 4.72 Å². The number of aliphatic hydroxyl groups excluding tert-OH is 1. The molecule has 0 saturated heterocycles. The van der Waals surface area contributed by atoms with Crippen LogP contribution in [0, 0.1) is 6.92 Å². The summed E-state index contributed by atoms with van der Waals surface area (Å²) >= 11 is 7.19. The SMILES string of the molecule is Cc1cccc(Cl)c1NS(=O)(=O)c1ccsc1CO. The first kappa shape index (κ1) is 14.3. The van der Waals surface area contributed by atoms with Gasteiger partial charge in [0, 0.05) is 0 Å². The zero-order valence-corrected chi connectivity index (χ0v) is 12.4. The molecule has 0 saturated carbocycles. The molecule has 1 aromatic heterocycles. The normalized spacial score (nSPS) is 11.5. The van der Waals surface area contributed by atoms with Crippen LogP contribution in [0.5, 0.6) is 0 Å². The number of aryl methyl sites for hydroxylation is 1. The monoisotopic (exact) mass is 317 g/mol. The number of anilines is 1. The highest BCUT2D eigenvalue weighted by molar-refractivity contribution is 7.93. The Labute approximate surface area is 120 Å². The fraction of sp³-hybridized carbons (Fsp3) is 0.167. The second kappa shape index (κ2) is 5.50. The fourth-order valence-corrected chi connectivity index (χ4v) is 4.41. The molecule has 7 heteroatoms. The minimum atomic E-state index is -3.74. The number of para-hydroxylation sites is 1. The van der Waals surface area contributed by atoms with Crippen LogP contribution in [0.25, 0.3) is 0 Å². The molecule has 0 fully saturated rings. The Morgan fingerprint density at radius 2 is 2.11 bits per heavy atom. The molecule has 0 radical (unpaired) electrons. The summed E-state index contributed by atoms with van der Waals surface area (Å²) in [4.78, 5) is 0.483. The lowest BCUT2D eigenvalue weighted by Crippen LogP contribution is -2.14. The van der Waals surface area contributed by atoms with Gasteiger partial charge in [0.25, 0.3) is 10.0 Å². The molecule has 2 aromatic rings. The number of nitrogens with one attached hydrogen (secondary N) is 1. The van der Waals surface area contributed by atoms with Gasteiger partial charge in [0.05, 0.1) is 22.2 Å². The maximum Gasteiger partial charge on any atom is 0.263 e. The van der Waals surface area contributed by atoms with E-state index in [0.29, 0.717) is 15.6 Å². The van der Waals surface area contributed by atoms with Crippen LogP contribution in [-0.2, 0) is 16.6 Å². The van der Waals surface area contributed by atoms with Crippen molar-refractivity contribution in [3.63, 3.8) is 0 Å². The van der Waals surface area contributed by atoms with Crippen molar-refractivity contribution in [2.45, 2.75) is 18.4 Å². The molecule has 4 nitrogen and oxygen atoms in total. The van der Waals surface area contributed by atoms with Crippen molar-refractivity contribution in [1.82, 2.24) is 0 Å². The van der Waals surface area contributed by atoms with Gasteiger partial charge in [-0.05, 0) is 30.0 Å². The number of aliphatic hydroxyl groups is 1. The van der Waals surface area contributed by atoms with Crippen molar-refractivity contribution in [2.24, 2.45) is 0 Å². The summed E-state index contributed by atoms with van der Waals surface area (Å²) in [5.74, 6) is 0. The molecule has 0 aliphatic rings. The molecule has 0 amide bonds. The van der Waals surface area contributed by atoms with Gasteiger partial charge in [0.1, 0.15) is 4.90 Å². The third kappa shape index (κ3) is 2.92. The standard InChI is InChI=1S/C12H12ClNO3S2/c1-8-3-2-4-9(13)12(8)14-19(16,17)11-5-6-18-10(11)7-15/h2-6,14-15H,7H2,1H3. The van der Waals surface area contributed by atoms with Crippen LogP contribution >= 0.6 is 22.9 Å². The Kier molecular flexibility index (Phi) is 4.15. The quantitative estimate of drug-likeness (QED) is 0.911. The van der Waals surface area contributed by atoms with E-state index in [1.54, 1.807) is 30.5 Å². The number of hydrogen-bond acceptors (Lipinski definition) is 4. The molecule has 0 bridgehead atoms. The number of hydrogen-bond donors (Lipinski definition) is 2. The lowest BCUT2D eigenvalue weighted by Gasteiger charge is -2.12. The smallest absolute Gasteiger partial charge is 0.263 e. The van der Waals surface area contributed by atoms with E-state index in [9.17, 15) is 8.42 Å². The van der Waals surface area contributed by atoms with Crippen molar-refractivity contribution in [3.8, 4) is 0 Å². The van der Waals surface area contributed by atoms with Crippen LogP contribution in [0.3, 0.4) is 0 Å². The van der Waals surface area contributed by atoms with Gasteiger partial charge in [-0.15, -0.1) is 11.3 Å². The Hall–Kier alpha value is -1.08. The Morgan fingerprint density at radius 3 is 2.74 bits per heavy atom. The van der Waals surface area contributed by atoms with Gasteiger partial charge in [-0.2, -0.15) is 0 Å². The van der Waals surface area contributed by atoms with Gasteiger partial charge in [0.2, 0.25) is 0 Å². The van der Waals surface area contributed by atoms with Crippen molar-refractivity contribution < 1.29 is 13.5 Å². The van der Waals surface area contributed by atoms with Crippen LogP contribution in [0.1, 0.15) is 10.4 Å². The van der Waals surface area contributed by atoms with Crippen LogP contribution in [0.4, 0.5) is 5.69 Å². The largest absolute Gasteiger partial charge is 0.391 e. The molecular formula is C12H12ClNO3S2. The van der Waals surface area contributed by atoms with Crippen molar-refractivity contribution >= 4 is 38.6 Å². The van der Waals surface area contributed by atoms with E-state index in [0.717, 1.165) is 5.56 Å². The van der Waals surface area contributed by atoms with Gasteiger partial charge in [-0.3, -0.25) is 4.72 Å². The average molecular weight is 318 g/mol. The van der Waals surface area contributed by atoms with Gasteiger partial charge < -0.3 is 5.11 Å². The molecule has 0 aliphatic heterocycles. The molecule has 0 aliphatic carbocycles. The second-order valence-electron chi connectivity index (χ2n) is 3.90. The average Bonchev–Trinajstić information content (AvgIpc) is 2.83. The maximum absolute atomic E-state index is 12.3. The highest BCUT2D eigenvalue weighted by Gasteiger charge is 2.21. The van der Waals surface area contributed by atoms with Gasteiger partial charge in [-0.1, -0.05) is 23.7 Å². The molecule has 0 unspecified atom stereocenters. The predicted molar refractivity (Wildman–Crippen MR) is 77.2 cm³/mol. The first-order valence-corrected chi connectivity index (χ1v) is 8.15. The third-order valence-electron chi connectivity index (χ3n) is 2.60. The predicted octanol–water partition coefficient (Wildman–Crippen LogP) is 3.00. The van der Waals surface area contributed by atoms with E-state index < -0.39 is 10.0 Å². The summed E-state index contributed by atoms with van der Waals surface area (Å²) in [5.41, 5.74) is 1.09. The molecule has 2 N–H and O–H groups in total. The summed E-state index contributed by atoms with van der Waals surface area (Å²) in [6.45, 7) is 1.46. The second-order valence-corrected chi connectivity index (χ2v) is 6.96. The summed E-state index contributed by atoms with van der Waals surface area (Å²) < 4.78 is 27.0. The summed E-state index contributed by atoms with van der Waals surface area (Å²) in [7, 11) is -3.74. The first-order valence-electron chi connectivity index (χ1n) is 5.41. The Bertz CT molecular complexity index is 675. The van der Waals surface area contributed by atoms with Gasteiger partial charge in [-0.25, -0.2) is 8.42 Å². The Morgan fingerprint density at radius 1 is 1.37 bits per heavy atom. The molecule has 19 heavy (non-hydrogen) atoms. The van der Waals surface area contributed by atoms with Crippen LogP contribution < -0.4 is 4.72 Å². The highest BCUT2D eigenvalue weighted by Crippen LogP contribution is 2.30. The van der Waals surface area contributed by atoms with Crippen LogP contribution in [-0.4, -0.2) is 13.5 Å². The number of halogens is 1. The molecule has 1 heterocycles. The topological polar surface area (TPSA) is 66.4 Å². The molecule has 2 rings (SSSR count). The zero-order chi connectivity index (χ0) is 14.0. The number of sulfonamides is 1. The number of thiophene rings is 1. The molecule has 1 aromatic carbocycles.